The van der Waals surface area contributed by atoms with Crippen LogP contribution in [0, 0.1) is 11.2 Å². The third kappa shape index (κ3) is 4.43. The molecule has 0 fully saturated rings. The minimum Gasteiger partial charge on any atom is -0.336 e. The van der Waals surface area contributed by atoms with Crippen LogP contribution in [0.4, 0.5) is 10.1 Å². The topological polar surface area (TPSA) is 112 Å². The van der Waals surface area contributed by atoms with Gasteiger partial charge < -0.3 is 10.3 Å². The molecule has 8 nitrogen and oxygen atoms in total. The summed E-state index contributed by atoms with van der Waals surface area (Å²) in [5.74, 6) is -0.137. The molecule has 10 heteroatoms. The zero-order chi connectivity index (χ0) is 26.4. The minimum atomic E-state index is -0.456. The van der Waals surface area contributed by atoms with Crippen molar-refractivity contribution in [2.24, 2.45) is 5.41 Å². The van der Waals surface area contributed by atoms with E-state index in [2.05, 4.69) is 30.5 Å². The van der Waals surface area contributed by atoms with Crippen molar-refractivity contribution in [3.8, 4) is 33.9 Å². The van der Waals surface area contributed by atoms with Gasteiger partial charge in [0.1, 0.15) is 17.0 Å². The number of hydrogen-bond donors (Lipinski definition) is 3. The van der Waals surface area contributed by atoms with E-state index in [0.29, 0.717) is 51.2 Å². The number of benzene rings is 1. The molecule has 0 bridgehead atoms. The second kappa shape index (κ2) is 9.14. The number of halogens is 1. The van der Waals surface area contributed by atoms with Crippen molar-refractivity contribution in [1.82, 2.24) is 30.1 Å². The van der Waals surface area contributed by atoms with Crippen molar-refractivity contribution in [3.63, 3.8) is 0 Å². The molecule has 38 heavy (non-hydrogen) atoms. The van der Waals surface area contributed by atoms with E-state index in [1.165, 1.54) is 0 Å². The number of aromatic nitrogens is 6. The summed E-state index contributed by atoms with van der Waals surface area (Å²) in [5.41, 5.74) is 5.36. The molecule has 5 aromatic heterocycles. The van der Waals surface area contributed by atoms with E-state index < -0.39 is 5.82 Å². The normalized spacial score (nSPS) is 11.9. The molecule has 3 N–H and O–H groups in total. The van der Waals surface area contributed by atoms with E-state index in [9.17, 15) is 4.79 Å². The summed E-state index contributed by atoms with van der Waals surface area (Å²) in [6, 6.07) is 9.00. The van der Waals surface area contributed by atoms with Gasteiger partial charge in [-0.1, -0.05) is 20.8 Å². The van der Waals surface area contributed by atoms with E-state index in [4.69, 9.17) is 4.98 Å². The molecule has 0 spiro atoms. The van der Waals surface area contributed by atoms with Gasteiger partial charge in [-0.25, -0.2) is 9.37 Å². The quantitative estimate of drug-likeness (QED) is 0.229. The number of aromatic amines is 2. The number of nitrogens with zero attached hydrogens (tertiary/aromatic N) is 4. The lowest BCUT2D eigenvalue weighted by Gasteiger charge is -2.17. The first kappa shape index (κ1) is 23.9. The highest BCUT2D eigenvalue weighted by Crippen LogP contribution is 2.35. The van der Waals surface area contributed by atoms with Crippen molar-refractivity contribution in [1.29, 1.82) is 0 Å². The van der Waals surface area contributed by atoms with Gasteiger partial charge in [-0.05, 0) is 41.1 Å². The van der Waals surface area contributed by atoms with Crippen LogP contribution in [0.5, 0.6) is 0 Å². The van der Waals surface area contributed by atoms with Crippen LogP contribution in [0.3, 0.4) is 0 Å². The summed E-state index contributed by atoms with van der Waals surface area (Å²) in [4.78, 5) is 29.2. The molecule has 5 heterocycles. The zero-order valence-corrected chi connectivity index (χ0v) is 21.8. The molecule has 0 saturated carbocycles. The first-order chi connectivity index (χ1) is 18.3. The number of carbonyl (C=O) groups excluding carboxylic acids is 1. The van der Waals surface area contributed by atoms with Gasteiger partial charge in [-0.3, -0.25) is 19.9 Å². The Labute approximate surface area is 221 Å². The Morgan fingerprint density at radius 3 is 2.74 bits per heavy atom. The van der Waals surface area contributed by atoms with Crippen LogP contribution in [0.2, 0.25) is 0 Å². The van der Waals surface area contributed by atoms with E-state index in [0.717, 1.165) is 16.8 Å². The Morgan fingerprint density at radius 2 is 1.95 bits per heavy atom. The van der Waals surface area contributed by atoms with Gasteiger partial charge in [-0.15, -0.1) is 0 Å². The molecule has 1 aromatic carbocycles. The summed E-state index contributed by atoms with van der Waals surface area (Å²) in [6.07, 6.45) is 5.21. The average molecular weight is 526 g/mol. The van der Waals surface area contributed by atoms with Crippen LogP contribution in [0.15, 0.2) is 59.7 Å². The molecule has 190 valence electrons. The summed E-state index contributed by atoms with van der Waals surface area (Å²) in [7, 11) is 0. The Morgan fingerprint density at radius 1 is 1.08 bits per heavy atom. The number of pyridine rings is 2. The highest BCUT2D eigenvalue weighted by atomic mass is 32.1. The molecule has 6 rings (SSSR count). The Kier molecular flexibility index (Phi) is 5.76. The van der Waals surface area contributed by atoms with Crippen LogP contribution in [-0.2, 0) is 4.79 Å². The molecule has 0 aliphatic heterocycles. The molecular weight excluding hydrogens is 501 g/mol. The number of imidazole rings is 1. The first-order valence-corrected chi connectivity index (χ1v) is 13.0. The molecule has 6 aromatic rings. The fourth-order valence-corrected chi connectivity index (χ4v) is 5.11. The summed E-state index contributed by atoms with van der Waals surface area (Å²) >= 11 is 1.58. The van der Waals surface area contributed by atoms with Gasteiger partial charge in [0.2, 0.25) is 5.91 Å². The van der Waals surface area contributed by atoms with Crippen molar-refractivity contribution in [3.05, 3.63) is 65.5 Å². The number of carbonyl (C=O) groups is 1. The predicted molar refractivity (Wildman–Crippen MR) is 148 cm³/mol. The first-order valence-electron chi connectivity index (χ1n) is 12.1. The van der Waals surface area contributed by atoms with Crippen LogP contribution in [0.25, 0.3) is 55.8 Å². The third-order valence-electron chi connectivity index (χ3n) is 6.11. The number of amides is 1. The smallest absolute Gasteiger partial charge is 0.224 e. The van der Waals surface area contributed by atoms with Crippen molar-refractivity contribution in [2.75, 3.05) is 5.32 Å². The standard InChI is InChI=1S/C28H24FN7OS/c1-28(2,3)11-21(37)32-17-10-16(12-30-13-17)18-4-5-19-22(23(18)29)26(36-35-19)27-33-20-6-8-31-24(25(20)34-27)15-7-9-38-14-15/h4-10,12-14H,11H2,1-3H3,(H,32,37)(H,33,34)(H,35,36). The molecule has 0 aliphatic rings. The Hall–Kier alpha value is -4.44. The second-order valence-electron chi connectivity index (χ2n) is 10.3. The minimum absolute atomic E-state index is 0.120. The van der Waals surface area contributed by atoms with Gasteiger partial charge in [0.25, 0.3) is 0 Å². The second-order valence-corrected chi connectivity index (χ2v) is 11.1. The molecule has 0 radical (unpaired) electrons. The van der Waals surface area contributed by atoms with Crippen LogP contribution < -0.4 is 5.32 Å². The Bertz CT molecular complexity index is 1800. The van der Waals surface area contributed by atoms with E-state index in [1.807, 2.05) is 43.7 Å². The highest BCUT2D eigenvalue weighted by molar-refractivity contribution is 7.08. The lowest BCUT2D eigenvalue weighted by Crippen LogP contribution is -2.19. The van der Waals surface area contributed by atoms with Crippen LogP contribution in [-0.4, -0.2) is 36.0 Å². The summed E-state index contributed by atoms with van der Waals surface area (Å²) in [6.45, 7) is 5.99. The fourth-order valence-electron chi connectivity index (χ4n) is 4.47. The third-order valence-corrected chi connectivity index (χ3v) is 6.79. The Balaban J connectivity index is 1.40. The average Bonchev–Trinajstić information content (AvgIpc) is 3.62. The number of anilines is 1. The predicted octanol–water partition coefficient (Wildman–Crippen LogP) is 6.81. The van der Waals surface area contributed by atoms with E-state index >= 15 is 4.39 Å². The molecule has 0 saturated heterocycles. The van der Waals surface area contributed by atoms with Crippen LogP contribution >= 0.6 is 11.3 Å². The highest BCUT2D eigenvalue weighted by Gasteiger charge is 2.21. The van der Waals surface area contributed by atoms with Gasteiger partial charge >= 0.3 is 0 Å². The summed E-state index contributed by atoms with van der Waals surface area (Å²) < 4.78 is 16.1. The van der Waals surface area contributed by atoms with Crippen molar-refractivity contribution >= 4 is 44.9 Å². The largest absolute Gasteiger partial charge is 0.336 e. The maximum Gasteiger partial charge on any atom is 0.224 e. The maximum absolute atomic E-state index is 16.1. The molecule has 0 unspecified atom stereocenters. The van der Waals surface area contributed by atoms with Gasteiger partial charge in [0.05, 0.1) is 34.0 Å². The van der Waals surface area contributed by atoms with Crippen molar-refractivity contribution < 1.29 is 9.18 Å². The molecular formula is C28H24FN7OS. The van der Waals surface area contributed by atoms with E-state index in [-0.39, 0.29) is 11.3 Å². The van der Waals surface area contributed by atoms with Gasteiger partial charge in [0.15, 0.2) is 5.82 Å². The number of fused-ring (bicyclic) bond motifs is 2. The SMILES string of the molecule is CC(C)(C)CC(=O)Nc1cncc(-c2ccc3[nH]nc(-c4nc5c(-c6ccsc6)nccc5[nH]4)c3c2F)c1. The van der Waals surface area contributed by atoms with E-state index in [1.54, 1.807) is 48.1 Å². The number of thiophene rings is 1. The lowest BCUT2D eigenvalue weighted by molar-refractivity contribution is -0.117. The monoisotopic (exact) mass is 525 g/mol. The molecule has 0 aliphatic carbocycles. The fraction of sp³-hybridized carbons (Fsp3) is 0.179. The summed E-state index contributed by atoms with van der Waals surface area (Å²) in [5, 5.41) is 14.5. The number of nitrogens with one attached hydrogen (secondary N) is 3. The molecule has 1 amide bonds. The zero-order valence-electron chi connectivity index (χ0n) is 21.0. The number of H-pyrrole nitrogens is 2. The number of hydrogen-bond acceptors (Lipinski definition) is 6. The van der Waals surface area contributed by atoms with Crippen molar-refractivity contribution in [2.45, 2.75) is 27.2 Å². The van der Waals surface area contributed by atoms with Crippen LogP contribution in [0.1, 0.15) is 27.2 Å². The maximum atomic E-state index is 16.1. The number of rotatable bonds is 5. The molecule has 0 atom stereocenters. The van der Waals surface area contributed by atoms with Gasteiger partial charge in [0, 0.05) is 40.9 Å². The van der Waals surface area contributed by atoms with Gasteiger partial charge in [-0.2, -0.15) is 16.4 Å². The lowest BCUT2D eigenvalue weighted by atomic mass is 9.92.